The van der Waals surface area contributed by atoms with E-state index in [4.69, 9.17) is 10.00 Å². The van der Waals surface area contributed by atoms with Gasteiger partial charge in [-0.05, 0) is 38.7 Å². The summed E-state index contributed by atoms with van der Waals surface area (Å²) in [6.45, 7) is 1.87. The van der Waals surface area contributed by atoms with Crippen molar-refractivity contribution in [1.29, 1.82) is 5.26 Å². The van der Waals surface area contributed by atoms with Crippen molar-refractivity contribution in [1.82, 2.24) is 0 Å². The lowest BCUT2D eigenvalue weighted by atomic mass is 9.69. The molecule has 0 aromatic heterocycles. The largest absolute Gasteiger partial charge is 0.465 e. The van der Waals surface area contributed by atoms with Gasteiger partial charge in [-0.2, -0.15) is 10.4 Å². The lowest BCUT2D eigenvalue weighted by molar-refractivity contribution is -0.393. The Labute approximate surface area is 166 Å². The smallest absolute Gasteiger partial charge is 0.317 e. The molecule has 1 fully saturated rings. The molecule has 29 heavy (non-hydrogen) atoms. The Morgan fingerprint density at radius 2 is 2.10 bits per heavy atom. The summed E-state index contributed by atoms with van der Waals surface area (Å²) in [4.78, 5) is 33.4. The number of nitro groups is 2. The fourth-order valence-corrected chi connectivity index (χ4v) is 3.40. The number of anilines is 1. The predicted octanol–water partition coefficient (Wildman–Crippen LogP) is 3.70. The predicted molar refractivity (Wildman–Crippen MR) is 103 cm³/mol. The number of carbonyl (C=O) groups excluding carboxylic acids is 1. The molecule has 1 N–H and O–H groups in total. The summed E-state index contributed by atoms with van der Waals surface area (Å²) in [5.74, 6) is -0.464. The van der Waals surface area contributed by atoms with Gasteiger partial charge in [-0.25, -0.2) is 0 Å². The highest BCUT2D eigenvalue weighted by Gasteiger charge is 2.46. The Balaban J connectivity index is 2.42. The molecule has 1 aromatic carbocycles. The maximum absolute atomic E-state index is 12.7. The lowest BCUT2D eigenvalue weighted by Gasteiger charge is -2.35. The highest BCUT2D eigenvalue weighted by atomic mass is 16.6. The number of non-ortho nitro benzene ring substituents is 1. The van der Waals surface area contributed by atoms with Crippen molar-refractivity contribution < 1.29 is 19.4 Å². The Kier molecular flexibility index (Phi) is 7.19. The third-order valence-corrected chi connectivity index (χ3v) is 4.85. The summed E-state index contributed by atoms with van der Waals surface area (Å²) < 4.78 is 5.23. The molecule has 154 valence electrons. The lowest BCUT2D eigenvalue weighted by Crippen LogP contribution is -2.43. The standard InChI is InChI=1S/C18H21N5O6/c1-2-29-17(24)18(10-5-11-19)9-4-3-6-16(18)21-20-14-8-7-13(22(25)26)12-15(14)23(27)28/h7-8,12,20H,2-6,9-10H2,1H3/b21-16+/t18-/m0/s1. The molecule has 0 aliphatic heterocycles. The van der Waals surface area contributed by atoms with Crippen molar-refractivity contribution in [2.45, 2.75) is 45.4 Å². The van der Waals surface area contributed by atoms with Gasteiger partial charge in [-0.3, -0.25) is 30.4 Å². The number of ether oxygens (including phenoxy) is 1. The minimum absolute atomic E-state index is 0.0308. The molecule has 11 heteroatoms. The number of rotatable bonds is 8. The molecule has 2 rings (SSSR count). The van der Waals surface area contributed by atoms with E-state index in [1.165, 1.54) is 6.07 Å². The quantitative estimate of drug-likeness (QED) is 0.390. The molecule has 1 atom stereocenters. The second-order valence-corrected chi connectivity index (χ2v) is 6.55. The first-order valence-corrected chi connectivity index (χ1v) is 9.15. The van der Waals surface area contributed by atoms with Crippen LogP contribution in [-0.4, -0.2) is 28.1 Å². The highest BCUT2D eigenvalue weighted by molar-refractivity contribution is 6.07. The number of nitrogens with one attached hydrogen (secondary N) is 1. The summed E-state index contributed by atoms with van der Waals surface area (Å²) >= 11 is 0. The number of esters is 1. The van der Waals surface area contributed by atoms with Crippen LogP contribution in [0, 0.1) is 37.0 Å². The molecule has 0 unspecified atom stereocenters. The summed E-state index contributed by atoms with van der Waals surface area (Å²) in [6.07, 6.45) is 2.85. The Hall–Kier alpha value is -3.55. The molecule has 1 aliphatic rings. The number of carbonyl (C=O) groups is 1. The number of nitrogens with zero attached hydrogens (tertiary/aromatic N) is 4. The SMILES string of the molecule is CCOC(=O)[C@]1(CCC#N)CCCC/C1=N\Nc1ccc([N+](=O)[O-])cc1[N+](=O)[O-]. The van der Waals surface area contributed by atoms with E-state index in [-0.39, 0.29) is 25.1 Å². The topological polar surface area (TPSA) is 161 Å². The third kappa shape index (κ3) is 4.84. The molecular formula is C18H21N5O6. The van der Waals surface area contributed by atoms with Gasteiger partial charge in [0.15, 0.2) is 0 Å². The zero-order valence-electron chi connectivity index (χ0n) is 15.9. The van der Waals surface area contributed by atoms with Gasteiger partial charge in [0.25, 0.3) is 5.69 Å². The first-order chi connectivity index (χ1) is 13.9. The Bertz CT molecular complexity index is 878. The van der Waals surface area contributed by atoms with Gasteiger partial charge in [0.1, 0.15) is 11.1 Å². The summed E-state index contributed by atoms with van der Waals surface area (Å²) in [6, 6.07) is 5.21. The van der Waals surface area contributed by atoms with Crippen LogP contribution >= 0.6 is 0 Å². The maximum Gasteiger partial charge on any atom is 0.317 e. The normalized spacial score (nSPS) is 19.9. The van der Waals surface area contributed by atoms with Crippen molar-refractivity contribution in [3.63, 3.8) is 0 Å². The average molecular weight is 403 g/mol. The van der Waals surface area contributed by atoms with E-state index in [1.54, 1.807) is 6.92 Å². The molecule has 1 saturated carbocycles. The van der Waals surface area contributed by atoms with E-state index in [2.05, 4.69) is 10.5 Å². The highest BCUT2D eigenvalue weighted by Crippen LogP contribution is 2.40. The minimum Gasteiger partial charge on any atom is -0.465 e. The molecule has 1 aliphatic carbocycles. The molecule has 0 saturated heterocycles. The molecule has 11 nitrogen and oxygen atoms in total. The van der Waals surface area contributed by atoms with Crippen LogP contribution < -0.4 is 5.43 Å². The van der Waals surface area contributed by atoms with Gasteiger partial charge in [-0.15, -0.1) is 0 Å². The molecule has 1 aromatic rings. The van der Waals surface area contributed by atoms with Crippen LogP contribution in [0.25, 0.3) is 0 Å². The van der Waals surface area contributed by atoms with E-state index in [0.717, 1.165) is 25.0 Å². The van der Waals surface area contributed by atoms with Crippen molar-refractivity contribution in [2.75, 3.05) is 12.0 Å². The second-order valence-electron chi connectivity index (χ2n) is 6.55. The van der Waals surface area contributed by atoms with E-state index < -0.39 is 32.6 Å². The number of hydrazone groups is 1. The molecule has 0 bridgehead atoms. The van der Waals surface area contributed by atoms with Gasteiger partial charge in [0.2, 0.25) is 0 Å². The minimum atomic E-state index is -1.06. The van der Waals surface area contributed by atoms with Crippen molar-refractivity contribution >= 4 is 28.7 Å². The third-order valence-electron chi connectivity index (χ3n) is 4.85. The molecule has 0 spiro atoms. The Morgan fingerprint density at radius 3 is 2.72 bits per heavy atom. The van der Waals surface area contributed by atoms with E-state index in [9.17, 15) is 25.0 Å². The summed E-state index contributed by atoms with van der Waals surface area (Å²) in [5.41, 5.74) is 1.04. The van der Waals surface area contributed by atoms with E-state index in [0.29, 0.717) is 18.6 Å². The zero-order valence-corrected chi connectivity index (χ0v) is 15.9. The number of nitriles is 1. The van der Waals surface area contributed by atoms with Crippen LogP contribution in [0.3, 0.4) is 0 Å². The van der Waals surface area contributed by atoms with E-state index in [1.807, 2.05) is 6.07 Å². The summed E-state index contributed by atoms with van der Waals surface area (Å²) in [7, 11) is 0. The molecular weight excluding hydrogens is 382 g/mol. The van der Waals surface area contributed by atoms with Crippen molar-refractivity contribution in [3.8, 4) is 6.07 Å². The van der Waals surface area contributed by atoms with Gasteiger partial charge in [0.05, 0.1) is 34.3 Å². The van der Waals surface area contributed by atoms with Gasteiger partial charge in [0, 0.05) is 12.5 Å². The second kappa shape index (κ2) is 9.59. The first-order valence-electron chi connectivity index (χ1n) is 9.15. The van der Waals surface area contributed by atoms with Gasteiger partial charge >= 0.3 is 11.7 Å². The van der Waals surface area contributed by atoms with E-state index >= 15 is 0 Å². The fraction of sp³-hybridized carbons (Fsp3) is 0.500. The van der Waals surface area contributed by atoms with Crippen LogP contribution in [-0.2, 0) is 9.53 Å². The van der Waals surface area contributed by atoms with Crippen LogP contribution in [0.1, 0.15) is 45.4 Å². The van der Waals surface area contributed by atoms with Crippen LogP contribution in [0.4, 0.5) is 17.1 Å². The monoisotopic (exact) mass is 403 g/mol. The number of hydrogen-bond acceptors (Lipinski definition) is 9. The average Bonchev–Trinajstić information content (AvgIpc) is 2.71. The first kappa shape index (κ1) is 21.7. The van der Waals surface area contributed by atoms with Gasteiger partial charge in [-0.1, -0.05) is 6.42 Å². The van der Waals surface area contributed by atoms with Crippen molar-refractivity contribution in [3.05, 3.63) is 38.4 Å². The maximum atomic E-state index is 12.7. The van der Waals surface area contributed by atoms with Crippen molar-refractivity contribution in [2.24, 2.45) is 10.5 Å². The number of nitro benzene ring substituents is 2. The Morgan fingerprint density at radius 1 is 1.34 bits per heavy atom. The molecule has 0 heterocycles. The van der Waals surface area contributed by atoms with Crippen LogP contribution in [0.2, 0.25) is 0 Å². The van der Waals surface area contributed by atoms with Crippen LogP contribution in [0.5, 0.6) is 0 Å². The molecule has 0 amide bonds. The van der Waals surface area contributed by atoms with Crippen LogP contribution in [0.15, 0.2) is 23.3 Å². The number of benzene rings is 1. The number of hydrogen-bond donors (Lipinski definition) is 1. The molecule has 0 radical (unpaired) electrons. The summed E-state index contributed by atoms with van der Waals surface area (Å²) in [5, 5.41) is 35.4. The van der Waals surface area contributed by atoms with Gasteiger partial charge < -0.3 is 4.74 Å². The fourth-order valence-electron chi connectivity index (χ4n) is 3.40. The zero-order chi connectivity index (χ0) is 21.4.